The SMILES string of the molecule is CC(C)CCS(=O)C(C)C(=O)Nc1c(Cl)cc(N)cc1Cl. The normalized spacial score (nSPS) is 14.0. The fourth-order valence-corrected chi connectivity index (χ4v) is 3.54. The second kappa shape index (κ2) is 8.01. The van der Waals surface area contributed by atoms with Crippen LogP contribution in [0.2, 0.25) is 10.0 Å². The summed E-state index contributed by atoms with van der Waals surface area (Å²) in [6, 6.07) is 3.01. The van der Waals surface area contributed by atoms with Gasteiger partial charge < -0.3 is 11.1 Å². The Bertz CT molecular complexity index is 527. The van der Waals surface area contributed by atoms with Gasteiger partial charge in [0, 0.05) is 22.2 Å². The number of hydrogen-bond acceptors (Lipinski definition) is 3. The minimum Gasteiger partial charge on any atom is -0.399 e. The van der Waals surface area contributed by atoms with Gasteiger partial charge in [-0.25, -0.2) is 0 Å². The fraction of sp³-hybridized carbons (Fsp3) is 0.500. The first-order chi connectivity index (χ1) is 9.72. The van der Waals surface area contributed by atoms with E-state index in [2.05, 4.69) is 19.2 Å². The summed E-state index contributed by atoms with van der Waals surface area (Å²) in [5.41, 5.74) is 6.31. The number of hydrogen-bond donors (Lipinski definition) is 2. The number of rotatable bonds is 6. The monoisotopic (exact) mass is 350 g/mol. The second-order valence-electron chi connectivity index (χ2n) is 5.26. The average molecular weight is 351 g/mol. The smallest absolute Gasteiger partial charge is 0.239 e. The van der Waals surface area contributed by atoms with Crippen molar-refractivity contribution < 1.29 is 9.00 Å². The van der Waals surface area contributed by atoms with E-state index in [1.54, 1.807) is 6.92 Å². The third-order valence-corrected chi connectivity index (χ3v) is 5.21. The molecule has 1 amide bonds. The molecule has 0 radical (unpaired) electrons. The molecule has 0 aliphatic carbocycles. The molecule has 0 aromatic heterocycles. The Morgan fingerprint density at radius 2 is 1.81 bits per heavy atom. The number of halogens is 2. The Kier molecular flexibility index (Phi) is 6.97. The summed E-state index contributed by atoms with van der Waals surface area (Å²) in [5.74, 6) is 0.575. The lowest BCUT2D eigenvalue weighted by Gasteiger charge is -2.15. The van der Waals surface area contributed by atoms with E-state index >= 15 is 0 Å². The number of anilines is 2. The van der Waals surface area contributed by atoms with Crippen LogP contribution in [0, 0.1) is 5.92 Å². The minimum atomic E-state index is -1.23. The molecule has 7 heteroatoms. The maximum atomic E-state index is 12.1. The summed E-state index contributed by atoms with van der Waals surface area (Å²) in [5, 5.41) is 2.51. The van der Waals surface area contributed by atoms with Gasteiger partial charge in [-0.3, -0.25) is 9.00 Å². The van der Waals surface area contributed by atoms with Crippen LogP contribution in [0.25, 0.3) is 0 Å². The first kappa shape index (κ1) is 18.3. The number of benzene rings is 1. The van der Waals surface area contributed by atoms with Gasteiger partial charge in [-0.05, 0) is 31.4 Å². The molecular formula is C14H20Cl2N2O2S. The van der Waals surface area contributed by atoms with Crippen molar-refractivity contribution >= 4 is 51.3 Å². The Labute approximate surface area is 137 Å². The van der Waals surface area contributed by atoms with Crippen LogP contribution in [0.4, 0.5) is 11.4 Å². The van der Waals surface area contributed by atoms with Crippen LogP contribution in [0.3, 0.4) is 0 Å². The summed E-state index contributed by atoms with van der Waals surface area (Å²) >= 11 is 12.0. The van der Waals surface area contributed by atoms with Gasteiger partial charge >= 0.3 is 0 Å². The van der Waals surface area contributed by atoms with Crippen molar-refractivity contribution in [1.82, 2.24) is 0 Å². The van der Waals surface area contributed by atoms with Gasteiger partial charge in [-0.1, -0.05) is 37.0 Å². The Morgan fingerprint density at radius 1 is 1.29 bits per heavy atom. The minimum absolute atomic E-state index is 0.258. The van der Waals surface area contributed by atoms with Crippen molar-refractivity contribution in [3.05, 3.63) is 22.2 Å². The average Bonchev–Trinajstić information content (AvgIpc) is 2.38. The van der Waals surface area contributed by atoms with Gasteiger partial charge in [0.1, 0.15) is 5.25 Å². The predicted octanol–water partition coefficient (Wildman–Crippen LogP) is 3.70. The molecule has 21 heavy (non-hydrogen) atoms. The molecule has 0 aliphatic heterocycles. The van der Waals surface area contributed by atoms with Crippen LogP contribution in [0.5, 0.6) is 0 Å². The highest BCUT2D eigenvalue weighted by atomic mass is 35.5. The highest BCUT2D eigenvalue weighted by Crippen LogP contribution is 2.33. The number of carbonyl (C=O) groups excluding carboxylic acids is 1. The van der Waals surface area contributed by atoms with Crippen LogP contribution in [-0.2, 0) is 15.6 Å². The van der Waals surface area contributed by atoms with Crippen molar-refractivity contribution in [1.29, 1.82) is 0 Å². The van der Waals surface area contributed by atoms with E-state index in [0.29, 0.717) is 23.0 Å². The van der Waals surface area contributed by atoms with E-state index in [0.717, 1.165) is 6.42 Å². The Hall–Kier alpha value is -0.780. The molecule has 0 saturated carbocycles. The maximum Gasteiger partial charge on any atom is 0.239 e. The van der Waals surface area contributed by atoms with Crippen LogP contribution in [0.1, 0.15) is 27.2 Å². The lowest BCUT2D eigenvalue weighted by molar-refractivity contribution is -0.115. The van der Waals surface area contributed by atoms with Crippen molar-refractivity contribution in [2.75, 3.05) is 16.8 Å². The van der Waals surface area contributed by atoms with Crippen LogP contribution >= 0.6 is 23.2 Å². The molecule has 0 bridgehead atoms. The second-order valence-corrected chi connectivity index (χ2v) is 7.95. The van der Waals surface area contributed by atoms with Gasteiger partial charge in [0.15, 0.2) is 0 Å². The summed E-state index contributed by atoms with van der Waals surface area (Å²) in [6.45, 7) is 5.73. The Balaban J connectivity index is 2.75. The molecule has 0 aliphatic rings. The molecule has 0 heterocycles. The summed E-state index contributed by atoms with van der Waals surface area (Å²) in [7, 11) is -1.23. The van der Waals surface area contributed by atoms with Gasteiger partial charge in [0.2, 0.25) is 5.91 Å². The first-order valence-electron chi connectivity index (χ1n) is 6.65. The van der Waals surface area contributed by atoms with Crippen LogP contribution in [-0.4, -0.2) is 21.1 Å². The molecule has 1 aromatic rings. The largest absolute Gasteiger partial charge is 0.399 e. The standard InChI is InChI=1S/C14H20Cl2N2O2S/c1-8(2)4-5-21(20)9(3)14(19)18-13-11(15)6-10(17)7-12(13)16/h6-9H,4-5,17H2,1-3H3,(H,18,19). The summed E-state index contributed by atoms with van der Waals surface area (Å²) < 4.78 is 12.1. The molecule has 2 unspecified atom stereocenters. The van der Waals surface area contributed by atoms with Crippen LogP contribution < -0.4 is 11.1 Å². The lowest BCUT2D eigenvalue weighted by atomic mass is 10.2. The van der Waals surface area contributed by atoms with Gasteiger partial charge in [0.25, 0.3) is 0 Å². The van der Waals surface area contributed by atoms with Gasteiger partial charge in [-0.15, -0.1) is 0 Å². The van der Waals surface area contributed by atoms with Crippen molar-refractivity contribution in [2.45, 2.75) is 32.4 Å². The fourth-order valence-electron chi connectivity index (χ4n) is 1.59. The molecule has 4 nitrogen and oxygen atoms in total. The number of nitrogens with one attached hydrogen (secondary N) is 1. The third-order valence-electron chi connectivity index (χ3n) is 2.97. The first-order valence-corrected chi connectivity index (χ1v) is 8.78. The number of carbonyl (C=O) groups is 1. The molecule has 118 valence electrons. The van der Waals surface area contributed by atoms with Crippen molar-refractivity contribution in [3.8, 4) is 0 Å². The van der Waals surface area contributed by atoms with Crippen molar-refractivity contribution in [3.63, 3.8) is 0 Å². The van der Waals surface area contributed by atoms with Crippen molar-refractivity contribution in [2.24, 2.45) is 5.92 Å². The zero-order valence-corrected chi connectivity index (χ0v) is 14.6. The number of nitrogen functional groups attached to an aromatic ring is 1. The quantitative estimate of drug-likeness (QED) is 0.768. The van der Waals surface area contributed by atoms with Gasteiger partial charge in [0.05, 0.1) is 15.7 Å². The van der Waals surface area contributed by atoms with Crippen LogP contribution in [0.15, 0.2) is 12.1 Å². The lowest BCUT2D eigenvalue weighted by Crippen LogP contribution is -2.30. The highest BCUT2D eigenvalue weighted by molar-refractivity contribution is 7.86. The zero-order valence-electron chi connectivity index (χ0n) is 12.3. The van der Waals surface area contributed by atoms with E-state index in [1.807, 2.05) is 0 Å². The summed E-state index contributed by atoms with van der Waals surface area (Å²) in [6.07, 6.45) is 0.813. The zero-order chi connectivity index (χ0) is 16.2. The summed E-state index contributed by atoms with van der Waals surface area (Å²) in [4.78, 5) is 12.1. The molecule has 3 N–H and O–H groups in total. The highest BCUT2D eigenvalue weighted by Gasteiger charge is 2.22. The van der Waals surface area contributed by atoms with E-state index in [1.165, 1.54) is 12.1 Å². The molecule has 1 aromatic carbocycles. The molecule has 1 rings (SSSR count). The molecule has 2 atom stereocenters. The predicted molar refractivity (Wildman–Crippen MR) is 91.4 cm³/mol. The van der Waals surface area contributed by atoms with E-state index in [9.17, 15) is 9.00 Å². The Morgan fingerprint density at radius 3 is 2.29 bits per heavy atom. The topological polar surface area (TPSA) is 72.2 Å². The molecular weight excluding hydrogens is 331 g/mol. The van der Waals surface area contributed by atoms with E-state index < -0.39 is 16.0 Å². The molecule has 0 fully saturated rings. The van der Waals surface area contributed by atoms with E-state index in [4.69, 9.17) is 28.9 Å². The number of nitrogens with two attached hydrogens (primary N) is 1. The third kappa shape index (κ3) is 5.49. The maximum absolute atomic E-state index is 12.1. The van der Waals surface area contributed by atoms with E-state index in [-0.39, 0.29) is 16.0 Å². The number of amides is 1. The van der Waals surface area contributed by atoms with Gasteiger partial charge in [-0.2, -0.15) is 0 Å². The molecule has 0 saturated heterocycles. The molecule has 0 spiro atoms.